The van der Waals surface area contributed by atoms with Gasteiger partial charge in [0.15, 0.2) is 0 Å². The van der Waals surface area contributed by atoms with Crippen LogP contribution in [0.2, 0.25) is 0 Å². The van der Waals surface area contributed by atoms with Crippen molar-refractivity contribution in [1.82, 2.24) is 0 Å². The fourth-order valence-electron chi connectivity index (χ4n) is 1.70. The van der Waals surface area contributed by atoms with Crippen molar-refractivity contribution in [2.45, 2.75) is 6.92 Å². The summed E-state index contributed by atoms with van der Waals surface area (Å²) in [6.45, 7) is 1.75. The molecule has 0 aliphatic carbocycles. The van der Waals surface area contributed by atoms with E-state index in [1.807, 2.05) is 18.2 Å². The van der Waals surface area contributed by atoms with Gasteiger partial charge in [-0.25, -0.2) is 0 Å². The Bertz CT molecular complexity index is 521. The third-order valence-corrected chi connectivity index (χ3v) is 2.45. The Morgan fingerprint density at radius 3 is 2.50 bits per heavy atom. The highest BCUT2D eigenvalue weighted by atomic mass is 16.6. The zero-order valence-corrected chi connectivity index (χ0v) is 8.81. The molecule has 0 spiro atoms. The van der Waals surface area contributed by atoms with Gasteiger partial charge < -0.3 is 0 Å². The molecular weight excluding hydrogens is 202 g/mol. The standard InChI is InChI=1S/C13H10NO2/c1-10-6-5-9-12(13(10)14(15)16)11-7-3-2-4-8-11/h3-9H,1H3. The maximum Gasteiger partial charge on any atom is 0.280 e. The van der Waals surface area contributed by atoms with Crippen molar-refractivity contribution in [3.63, 3.8) is 0 Å². The van der Waals surface area contributed by atoms with Crippen molar-refractivity contribution in [3.05, 3.63) is 64.2 Å². The molecule has 0 saturated heterocycles. The molecule has 2 aromatic rings. The van der Waals surface area contributed by atoms with Crippen molar-refractivity contribution in [2.75, 3.05) is 0 Å². The highest BCUT2D eigenvalue weighted by molar-refractivity contribution is 5.75. The van der Waals surface area contributed by atoms with Gasteiger partial charge in [0.2, 0.25) is 0 Å². The van der Waals surface area contributed by atoms with Crippen LogP contribution in [0.3, 0.4) is 0 Å². The van der Waals surface area contributed by atoms with Crippen molar-refractivity contribution < 1.29 is 4.92 Å². The Balaban J connectivity index is 2.66. The fraction of sp³-hybridized carbons (Fsp3) is 0.0769. The van der Waals surface area contributed by atoms with E-state index in [0.29, 0.717) is 11.1 Å². The first-order valence-electron chi connectivity index (χ1n) is 4.90. The molecule has 3 heteroatoms. The smallest absolute Gasteiger partial charge is 0.258 e. The van der Waals surface area contributed by atoms with Crippen LogP contribution in [0.4, 0.5) is 5.69 Å². The van der Waals surface area contributed by atoms with Crippen LogP contribution < -0.4 is 0 Å². The molecule has 0 atom stereocenters. The van der Waals surface area contributed by atoms with E-state index in [1.54, 1.807) is 31.2 Å². The molecule has 1 radical (unpaired) electrons. The highest BCUT2D eigenvalue weighted by Crippen LogP contribution is 2.31. The molecule has 0 aromatic heterocycles. The molecule has 3 nitrogen and oxygen atoms in total. The van der Waals surface area contributed by atoms with Gasteiger partial charge in [-0.3, -0.25) is 10.1 Å². The van der Waals surface area contributed by atoms with Gasteiger partial charge in [0.05, 0.1) is 10.5 Å². The van der Waals surface area contributed by atoms with Gasteiger partial charge in [-0.05, 0) is 24.6 Å². The quantitative estimate of drug-likeness (QED) is 0.565. The van der Waals surface area contributed by atoms with Gasteiger partial charge in [-0.15, -0.1) is 0 Å². The maximum atomic E-state index is 11.0. The summed E-state index contributed by atoms with van der Waals surface area (Å²) in [5.41, 5.74) is 2.34. The monoisotopic (exact) mass is 212 g/mol. The highest BCUT2D eigenvalue weighted by Gasteiger charge is 2.17. The van der Waals surface area contributed by atoms with Gasteiger partial charge in [-0.1, -0.05) is 36.4 Å². The number of nitrogens with zero attached hydrogens (tertiary/aromatic N) is 1. The lowest BCUT2D eigenvalue weighted by Crippen LogP contribution is -1.94. The van der Waals surface area contributed by atoms with Gasteiger partial charge in [0.25, 0.3) is 5.69 Å². The summed E-state index contributed by atoms with van der Waals surface area (Å²) >= 11 is 0. The van der Waals surface area contributed by atoms with E-state index in [4.69, 9.17) is 0 Å². The second-order valence-corrected chi connectivity index (χ2v) is 3.52. The van der Waals surface area contributed by atoms with E-state index < -0.39 is 0 Å². The molecule has 0 saturated carbocycles. The van der Waals surface area contributed by atoms with Crippen LogP contribution in [0.1, 0.15) is 5.56 Å². The lowest BCUT2D eigenvalue weighted by atomic mass is 10.0. The predicted octanol–water partition coefficient (Wildman–Crippen LogP) is 3.37. The van der Waals surface area contributed by atoms with Crippen LogP contribution in [0.15, 0.2) is 42.5 Å². The summed E-state index contributed by atoms with van der Waals surface area (Å²) in [6, 6.07) is 15.4. The lowest BCUT2D eigenvalue weighted by Gasteiger charge is -2.04. The van der Waals surface area contributed by atoms with Gasteiger partial charge in [0.1, 0.15) is 0 Å². The van der Waals surface area contributed by atoms with Crippen LogP contribution in [0, 0.1) is 23.1 Å². The first-order valence-corrected chi connectivity index (χ1v) is 4.90. The molecule has 79 valence electrons. The number of nitro groups is 1. The number of hydrogen-bond acceptors (Lipinski definition) is 2. The Kier molecular flexibility index (Phi) is 2.68. The maximum absolute atomic E-state index is 11.0. The summed E-state index contributed by atoms with van der Waals surface area (Å²) in [5.74, 6) is 0. The van der Waals surface area contributed by atoms with Crippen molar-refractivity contribution in [1.29, 1.82) is 0 Å². The Labute approximate surface area is 93.5 Å². The van der Waals surface area contributed by atoms with E-state index in [9.17, 15) is 10.1 Å². The Hall–Kier alpha value is -2.16. The third kappa shape index (κ3) is 1.80. The molecule has 0 fully saturated rings. The average molecular weight is 212 g/mol. The number of nitro benzene ring substituents is 1. The minimum atomic E-state index is -0.332. The number of para-hydroxylation sites is 1. The van der Waals surface area contributed by atoms with Crippen molar-refractivity contribution >= 4 is 5.69 Å². The molecule has 0 unspecified atom stereocenters. The summed E-state index contributed by atoms with van der Waals surface area (Å²) in [6.07, 6.45) is 0. The minimum Gasteiger partial charge on any atom is -0.258 e. The van der Waals surface area contributed by atoms with E-state index >= 15 is 0 Å². The van der Waals surface area contributed by atoms with Crippen molar-refractivity contribution in [3.8, 4) is 11.1 Å². The van der Waals surface area contributed by atoms with Crippen LogP contribution in [-0.4, -0.2) is 4.92 Å². The number of aryl methyl sites for hydroxylation is 1. The number of hydrogen-bond donors (Lipinski definition) is 0. The zero-order valence-electron chi connectivity index (χ0n) is 8.81. The molecule has 2 aromatic carbocycles. The van der Waals surface area contributed by atoms with Gasteiger partial charge in [0, 0.05) is 5.56 Å². The fourth-order valence-corrected chi connectivity index (χ4v) is 1.70. The molecule has 0 N–H and O–H groups in total. The predicted molar refractivity (Wildman–Crippen MR) is 62.1 cm³/mol. The molecule has 16 heavy (non-hydrogen) atoms. The first-order chi connectivity index (χ1) is 7.70. The SMILES string of the molecule is Cc1cccc(-c2cc[c]cc2)c1[N+](=O)[O-]. The molecule has 0 aliphatic rings. The molecule has 0 heterocycles. The average Bonchev–Trinajstić information content (AvgIpc) is 2.29. The minimum absolute atomic E-state index is 0.175. The number of benzene rings is 2. The van der Waals surface area contributed by atoms with Crippen LogP contribution in [0.25, 0.3) is 11.1 Å². The molecule has 0 bridgehead atoms. The van der Waals surface area contributed by atoms with E-state index in [1.165, 1.54) is 0 Å². The summed E-state index contributed by atoms with van der Waals surface area (Å²) in [4.78, 5) is 10.7. The zero-order chi connectivity index (χ0) is 11.5. The Morgan fingerprint density at radius 2 is 1.88 bits per heavy atom. The van der Waals surface area contributed by atoms with Crippen LogP contribution in [0.5, 0.6) is 0 Å². The topological polar surface area (TPSA) is 43.1 Å². The van der Waals surface area contributed by atoms with Gasteiger partial charge in [-0.2, -0.15) is 0 Å². The third-order valence-electron chi connectivity index (χ3n) is 2.45. The molecule has 0 amide bonds. The summed E-state index contributed by atoms with van der Waals surface area (Å²) < 4.78 is 0. The largest absolute Gasteiger partial charge is 0.280 e. The first kappa shape index (κ1) is 10.4. The Morgan fingerprint density at radius 1 is 1.19 bits per heavy atom. The summed E-state index contributed by atoms with van der Waals surface area (Å²) in [5, 5.41) is 11.0. The lowest BCUT2D eigenvalue weighted by molar-refractivity contribution is -0.384. The molecular formula is C13H10NO2. The molecule has 2 rings (SSSR count). The van der Waals surface area contributed by atoms with Crippen molar-refractivity contribution in [2.24, 2.45) is 0 Å². The van der Waals surface area contributed by atoms with E-state index in [-0.39, 0.29) is 10.6 Å². The van der Waals surface area contributed by atoms with Crippen LogP contribution in [-0.2, 0) is 0 Å². The van der Waals surface area contributed by atoms with Gasteiger partial charge >= 0.3 is 0 Å². The normalized spacial score (nSPS) is 10.1. The number of rotatable bonds is 2. The summed E-state index contributed by atoms with van der Waals surface area (Å²) in [7, 11) is 0. The second-order valence-electron chi connectivity index (χ2n) is 3.52. The van der Waals surface area contributed by atoms with E-state index in [0.717, 1.165) is 5.56 Å². The molecule has 0 aliphatic heterocycles. The van der Waals surface area contributed by atoms with E-state index in [2.05, 4.69) is 6.07 Å². The second kappa shape index (κ2) is 4.14. The van der Waals surface area contributed by atoms with Crippen LogP contribution >= 0.6 is 0 Å².